The van der Waals surface area contributed by atoms with Gasteiger partial charge in [0.2, 0.25) is 0 Å². The molecule has 0 N–H and O–H groups in total. The molecule has 0 aliphatic rings. The van der Waals surface area contributed by atoms with Gasteiger partial charge in [0.25, 0.3) is 0 Å². The van der Waals surface area contributed by atoms with Gasteiger partial charge >= 0.3 is 5.63 Å². The molecule has 3 rings (SSSR count). The smallest absolute Gasteiger partial charge is 0.344 e. The highest BCUT2D eigenvalue weighted by Crippen LogP contribution is 2.32. The lowest BCUT2D eigenvalue weighted by Gasteiger charge is -2.14. The monoisotopic (exact) mass is 298 g/mol. The Bertz CT molecular complexity index is 906. The molecule has 4 nitrogen and oxygen atoms in total. The number of hydrogen-bond acceptors (Lipinski definition) is 4. The molecule has 0 amide bonds. The summed E-state index contributed by atoms with van der Waals surface area (Å²) < 4.78 is 16.5. The van der Waals surface area contributed by atoms with Gasteiger partial charge in [-0.25, -0.2) is 4.79 Å². The van der Waals surface area contributed by atoms with Crippen LogP contribution in [0, 0.1) is 6.92 Å². The minimum absolute atomic E-state index is 0.0626. The summed E-state index contributed by atoms with van der Waals surface area (Å²) in [6.45, 7) is 5.83. The van der Waals surface area contributed by atoms with Crippen molar-refractivity contribution >= 4 is 21.7 Å². The fourth-order valence-electron chi connectivity index (χ4n) is 2.60. The predicted molar refractivity (Wildman–Crippen MR) is 87.0 cm³/mol. The Morgan fingerprint density at radius 1 is 1.05 bits per heavy atom. The molecule has 22 heavy (non-hydrogen) atoms. The molecular formula is C18H18O4. The van der Waals surface area contributed by atoms with Crippen molar-refractivity contribution in [1.29, 1.82) is 0 Å². The summed E-state index contributed by atoms with van der Waals surface area (Å²) in [5.74, 6) is 1.37. The molecule has 0 saturated carbocycles. The highest BCUT2D eigenvalue weighted by Gasteiger charge is 2.13. The fourth-order valence-corrected chi connectivity index (χ4v) is 2.60. The quantitative estimate of drug-likeness (QED) is 0.540. The molecule has 2 aromatic carbocycles. The van der Waals surface area contributed by atoms with E-state index in [1.807, 2.05) is 45.0 Å². The second-order valence-corrected chi connectivity index (χ2v) is 5.53. The molecule has 3 aromatic rings. The number of ether oxygens (including phenoxy) is 2. The summed E-state index contributed by atoms with van der Waals surface area (Å²) in [7, 11) is 1.57. The molecule has 0 aliphatic carbocycles. The van der Waals surface area contributed by atoms with Crippen molar-refractivity contribution in [2.45, 2.75) is 26.9 Å². The molecule has 4 heteroatoms. The van der Waals surface area contributed by atoms with Crippen LogP contribution in [0.25, 0.3) is 21.7 Å². The Balaban J connectivity index is 2.34. The topological polar surface area (TPSA) is 48.7 Å². The Kier molecular flexibility index (Phi) is 3.53. The first kappa shape index (κ1) is 14.4. The van der Waals surface area contributed by atoms with Crippen molar-refractivity contribution in [3.8, 4) is 11.5 Å². The van der Waals surface area contributed by atoms with E-state index in [0.29, 0.717) is 16.7 Å². The number of hydrogen-bond donors (Lipinski definition) is 0. The summed E-state index contributed by atoms with van der Waals surface area (Å²) in [6.07, 6.45) is 0.0626. The number of aryl methyl sites for hydroxylation is 1. The lowest BCUT2D eigenvalue weighted by atomic mass is 10.0. The van der Waals surface area contributed by atoms with Crippen molar-refractivity contribution in [3.63, 3.8) is 0 Å². The minimum Gasteiger partial charge on any atom is -0.497 e. The maximum absolute atomic E-state index is 12.3. The van der Waals surface area contributed by atoms with E-state index in [1.54, 1.807) is 13.2 Å². The van der Waals surface area contributed by atoms with E-state index in [2.05, 4.69) is 0 Å². The van der Waals surface area contributed by atoms with Crippen LogP contribution in [0.15, 0.2) is 39.5 Å². The van der Waals surface area contributed by atoms with Crippen LogP contribution >= 0.6 is 0 Å². The van der Waals surface area contributed by atoms with Gasteiger partial charge in [-0.1, -0.05) is 0 Å². The Hall–Kier alpha value is -2.49. The van der Waals surface area contributed by atoms with Crippen LogP contribution in [0.4, 0.5) is 0 Å². The minimum atomic E-state index is -0.369. The van der Waals surface area contributed by atoms with Gasteiger partial charge in [0.1, 0.15) is 17.1 Å². The van der Waals surface area contributed by atoms with E-state index >= 15 is 0 Å². The second kappa shape index (κ2) is 5.37. The third-order valence-electron chi connectivity index (χ3n) is 3.65. The van der Waals surface area contributed by atoms with Gasteiger partial charge in [-0.2, -0.15) is 0 Å². The van der Waals surface area contributed by atoms with E-state index in [0.717, 1.165) is 22.1 Å². The fraction of sp³-hybridized carbons (Fsp3) is 0.278. The molecule has 0 fully saturated rings. The van der Waals surface area contributed by atoms with Gasteiger partial charge in [-0.05, 0) is 51.1 Å². The zero-order valence-corrected chi connectivity index (χ0v) is 13.1. The average Bonchev–Trinajstić information content (AvgIpc) is 2.50. The van der Waals surface area contributed by atoms with E-state index in [-0.39, 0.29) is 11.7 Å². The van der Waals surface area contributed by atoms with E-state index < -0.39 is 0 Å². The summed E-state index contributed by atoms with van der Waals surface area (Å²) in [5.41, 5.74) is 1.04. The normalized spacial score (nSPS) is 11.3. The van der Waals surface area contributed by atoms with E-state index in [9.17, 15) is 4.79 Å². The predicted octanol–water partition coefficient (Wildman–Crippen LogP) is 4.05. The first-order valence-corrected chi connectivity index (χ1v) is 7.22. The molecule has 0 atom stereocenters. The summed E-state index contributed by atoms with van der Waals surface area (Å²) >= 11 is 0. The molecule has 0 spiro atoms. The van der Waals surface area contributed by atoms with Crippen LogP contribution in [0.3, 0.4) is 0 Å². The van der Waals surface area contributed by atoms with E-state index in [1.165, 1.54) is 0 Å². The lowest BCUT2D eigenvalue weighted by Crippen LogP contribution is -2.07. The van der Waals surface area contributed by atoms with Gasteiger partial charge < -0.3 is 13.9 Å². The van der Waals surface area contributed by atoms with Crippen LogP contribution in [0.2, 0.25) is 0 Å². The highest BCUT2D eigenvalue weighted by atomic mass is 16.5. The van der Waals surface area contributed by atoms with Gasteiger partial charge in [0.05, 0.1) is 18.6 Å². The molecule has 0 radical (unpaired) electrons. The number of benzene rings is 2. The van der Waals surface area contributed by atoms with Crippen molar-refractivity contribution in [2.75, 3.05) is 7.11 Å². The van der Waals surface area contributed by atoms with Gasteiger partial charge in [0, 0.05) is 16.3 Å². The van der Waals surface area contributed by atoms with Crippen molar-refractivity contribution < 1.29 is 13.9 Å². The van der Waals surface area contributed by atoms with Crippen LogP contribution in [-0.4, -0.2) is 13.2 Å². The SMILES string of the molecule is COc1ccc2c(c1)c(=O)oc1c(C)c(OC(C)C)ccc12. The summed E-state index contributed by atoms with van der Waals surface area (Å²) in [5, 5.41) is 2.26. The molecule has 0 unspecified atom stereocenters. The Morgan fingerprint density at radius 2 is 1.77 bits per heavy atom. The molecule has 114 valence electrons. The van der Waals surface area contributed by atoms with Crippen molar-refractivity contribution in [1.82, 2.24) is 0 Å². The Morgan fingerprint density at radius 3 is 2.45 bits per heavy atom. The second-order valence-electron chi connectivity index (χ2n) is 5.53. The number of methoxy groups -OCH3 is 1. The zero-order chi connectivity index (χ0) is 15.9. The van der Waals surface area contributed by atoms with Crippen molar-refractivity contribution in [3.05, 3.63) is 46.3 Å². The first-order chi connectivity index (χ1) is 10.5. The lowest BCUT2D eigenvalue weighted by molar-refractivity contribution is 0.241. The summed E-state index contributed by atoms with van der Waals surface area (Å²) in [6, 6.07) is 9.28. The molecular weight excluding hydrogens is 280 g/mol. The molecule has 1 heterocycles. The van der Waals surface area contributed by atoms with Gasteiger partial charge in [-0.3, -0.25) is 0 Å². The van der Waals surface area contributed by atoms with E-state index in [4.69, 9.17) is 13.9 Å². The van der Waals surface area contributed by atoms with Gasteiger partial charge in [0.15, 0.2) is 0 Å². The number of rotatable bonds is 3. The van der Waals surface area contributed by atoms with Crippen LogP contribution in [0.1, 0.15) is 19.4 Å². The average molecular weight is 298 g/mol. The van der Waals surface area contributed by atoms with Crippen LogP contribution < -0.4 is 15.1 Å². The molecule has 1 aromatic heterocycles. The van der Waals surface area contributed by atoms with Crippen LogP contribution in [-0.2, 0) is 0 Å². The maximum Gasteiger partial charge on any atom is 0.344 e. The maximum atomic E-state index is 12.3. The first-order valence-electron chi connectivity index (χ1n) is 7.22. The zero-order valence-electron chi connectivity index (χ0n) is 13.1. The standard InChI is InChI=1S/C18H18O4/c1-10(2)21-16-8-7-14-13-6-5-12(20-4)9-15(13)18(19)22-17(14)11(16)3/h5-10H,1-4H3. The number of fused-ring (bicyclic) bond motifs is 3. The molecule has 0 bridgehead atoms. The van der Waals surface area contributed by atoms with Gasteiger partial charge in [-0.15, -0.1) is 0 Å². The molecule has 0 aliphatic heterocycles. The van der Waals surface area contributed by atoms with Crippen LogP contribution in [0.5, 0.6) is 11.5 Å². The molecule has 0 saturated heterocycles. The Labute approximate surface area is 128 Å². The highest BCUT2D eigenvalue weighted by molar-refractivity contribution is 6.05. The third kappa shape index (κ3) is 2.30. The largest absolute Gasteiger partial charge is 0.497 e. The van der Waals surface area contributed by atoms with Crippen molar-refractivity contribution in [2.24, 2.45) is 0 Å². The summed E-state index contributed by atoms with van der Waals surface area (Å²) in [4.78, 5) is 12.3. The third-order valence-corrected chi connectivity index (χ3v) is 3.65.